The number of alkyl carbamates (subject to hydrolysis) is 1. The lowest BCUT2D eigenvalue weighted by atomic mass is 9.77. The molecule has 1 N–H and O–H groups in total. The van der Waals surface area contributed by atoms with Gasteiger partial charge in [-0.25, -0.2) is 9.59 Å². The van der Waals surface area contributed by atoms with Gasteiger partial charge in [0.25, 0.3) is 0 Å². The fourth-order valence-corrected chi connectivity index (χ4v) is 3.96. The first-order valence-electron chi connectivity index (χ1n) is 10.1. The van der Waals surface area contributed by atoms with E-state index in [9.17, 15) is 9.59 Å². The van der Waals surface area contributed by atoms with Gasteiger partial charge in [-0.2, -0.15) is 0 Å². The molecule has 0 radical (unpaired) electrons. The number of hydrogen-bond acceptors (Lipinski definition) is 4. The number of hydrogen-bond donors (Lipinski definition) is 1. The minimum atomic E-state index is -0.427. The summed E-state index contributed by atoms with van der Waals surface area (Å²) in [5, 5.41) is 3.04. The smallest absolute Gasteiger partial charge is 0.407 e. The third-order valence-electron chi connectivity index (χ3n) is 5.17. The number of benzene rings is 2. The van der Waals surface area contributed by atoms with Crippen molar-refractivity contribution in [2.24, 2.45) is 0 Å². The van der Waals surface area contributed by atoms with E-state index in [4.69, 9.17) is 9.47 Å². The van der Waals surface area contributed by atoms with Crippen LogP contribution in [0.25, 0.3) is 0 Å². The predicted molar refractivity (Wildman–Crippen MR) is 119 cm³/mol. The van der Waals surface area contributed by atoms with Crippen LogP contribution < -0.4 is 5.32 Å². The number of nitrogens with one attached hydrogen (secondary N) is 1. The predicted octanol–water partition coefficient (Wildman–Crippen LogP) is 5.50. The molecule has 0 spiro atoms. The molecule has 2 aromatic carbocycles. The first-order valence-corrected chi connectivity index (χ1v) is 10.9. The van der Waals surface area contributed by atoms with Gasteiger partial charge in [0, 0.05) is 22.5 Å². The quantitative estimate of drug-likeness (QED) is 0.446. The highest BCUT2D eigenvalue weighted by Gasteiger charge is 2.30. The van der Waals surface area contributed by atoms with Crippen molar-refractivity contribution in [3.05, 3.63) is 81.8 Å². The number of halogens is 1. The van der Waals surface area contributed by atoms with Gasteiger partial charge in [0.15, 0.2) is 0 Å². The molecule has 0 saturated heterocycles. The van der Waals surface area contributed by atoms with Gasteiger partial charge in [0.1, 0.15) is 6.61 Å². The van der Waals surface area contributed by atoms with E-state index in [0.717, 1.165) is 34.0 Å². The van der Waals surface area contributed by atoms with Gasteiger partial charge >= 0.3 is 12.1 Å². The van der Waals surface area contributed by atoms with Crippen LogP contribution in [0, 0.1) is 0 Å². The topological polar surface area (TPSA) is 64.6 Å². The Morgan fingerprint density at radius 1 is 1.10 bits per heavy atom. The average molecular weight is 472 g/mol. The zero-order valence-corrected chi connectivity index (χ0v) is 18.6. The van der Waals surface area contributed by atoms with Crippen LogP contribution in [0.5, 0.6) is 0 Å². The molecule has 5 nitrogen and oxygen atoms in total. The SMILES string of the molecule is CCOC(=O)C=C1CC[C@H](NC(=O)OCc2ccccc2)[C@@H](c2ccc(Br)cc2)C1. The van der Waals surface area contributed by atoms with Crippen molar-refractivity contribution in [3.63, 3.8) is 0 Å². The van der Waals surface area contributed by atoms with Crippen LogP contribution in [0.2, 0.25) is 0 Å². The van der Waals surface area contributed by atoms with Gasteiger partial charge in [0.05, 0.1) is 6.61 Å². The summed E-state index contributed by atoms with van der Waals surface area (Å²) in [6, 6.07) is 17.6. The fraction of sp³-hybridized carbons (Fsp3) is 0.333. The van der Waals surface area contributed by atoms with E-state index in [2.05, 4.69) is 21.2 Å². The number of carbonyl (C=O) groups excluding carboxylic acids is 2. The maximum atomic E-state index is 12.4. The van der Waals surface area contributed by atoms with Gasteiger partial charge in [-0.3, -0.25) is 0 Å². The molecule has 2 aromatic rings. The molecule has 0 heterocycles. The molecule has 6 heteroatoms. The highest BCUT2D eigenvalue weighted by atomic mass is 79.9. The van der Waals surface area contributed by atoms with Crippen molar-refractivity contribution in [2.45, 2.75) is 44.8 Å². The Kier molecular flexibility index (Phi) is 8.08. The lowest BCUT2D eigenvalue weighted by molar-refractivity contribution is -0.137. The molecular formula is C24H26BrNO4. The molecule has 1 aliphatic rings. The molecule has 30 heavy (non-hydrogen) atoms. The average Bonchev–Trinajstić information content (AvgIpc) is 2.75. The van der Waals surface area contributed by atoms with E-state index < -0.39 is 6.09 Å². The highest BCUT2D eigenvalue weighted by Crippen LogP contribution is 2.36. The Labute approximate surface area is 185 Å². The standard InChI is InChI=1S/C24H26BrNO4/c1-2-29-23(27)15-18-8-13-22(21(14-18)19-9-11-20(25)12-10-19)26-24(28)30-16-17-6-4-3-5-7-17/h3-7,9-12,15,21-22H,2,8,13-14,16H2,1H3,(H,26,28)/t21-,22+/m1/s1. The Hall–Kier alpha value is -2.60. The van der Waals surface area contributed by atoms with Crippen LogP contribution in [-0.4, -0.2) is 24.7 Å². The Bertz CT molecular complexity index is 880. The van der Waals surface area contributed by atoms with Crippen LogP contribution >= 0.6 is 15.9 Å². The normalized spacial score (nSPS) is 19.9. The van der Waals surface area contributed by atoms with E-state index in [1.165, 1.54) is 0 Å². The van der Waals surface area contributed by atoms with E-state index in [1.807, 2.05) is 54.6 Å². The van der Waals surface area contributed by atoms with Crippen LogP contribution in [0.15, 0.2) is 70.7 Å². The van der Waals surface area contributed by atoms with Crippen molar-refractivity contribution in [2.75, 3.05) is 6.61 Å². The largest absolute Gasteiger partial charge is 0.463 e. The van der Waals surface area contributed by atoms with Crippen molar-refractivity contribution in [1.29, 1.82) is 0 Å². The van der Waals surface area contributed by atoms with E-state index in [0.29, 0.717) is 13.0 Å². The Balaban J connectivity index is 1.69. The molecule has 0 bridgehead atoms. The third kappa shape index (κ3) is 6.46. The lowest BCUT2D eigenvalue weighted by Gasteiger charge is -2.33. The second-order valence-electron chi connectivity index (χ2n) is 7.27. The first-order chi connectivity index (χ1) is 14.5. The maximum Gasteiger partial charge on any atom is 0.407 e. The van der Waals surface area contributed by atoms with Crippen molar-refractivity contribution in [3.8, 4) is 0 Å². The Morgan fingerprint density at radius 3 is 2.53 bits per heavy atom. The van der Waals surface area contributed by atoms with Crippen LogP contribution in [0.3, 0.4) is 0 Å². The molecule has 2 atom stereocenters. The number of amides is 1. The molecular weight excluding hydrogens is 446 g/mol. The van der Waals surface area contributed by atoms with Gasteiger partial charge in [-0.15, -0.1) is 0 Å². The zero-order chi connectivity index (χ0) is 21.3. The molecule has 1 aliphatic carbocycles. The summed E-state index contributed by atoms with van der Waals surface area (Å²) in [6.45, 7) is 2.38. The second-order valence-corrected chi connectivity index (χ2v) is 8.18. The van der Waals surface area contributed by atoms with E-state index in [-0.39, 0.29) is 24.5 Å². The van der Waals surface area contributed by atoms with Gasteiger partial charge in [0.2, 0.25) is 0 Å². The summed E-state index contributed by atoms with van der Waals surface area (Å²) >= 11 is 3.47. The monoisotopic (exact) mass is 471 g/mol. The summed E-state index contributed by atoms with van der Waals surface area (Å²) < 4.78 is 11.5. The number of esters is 1. The number of ether oxygens (including phenoxy) is 2. The van der Waals surface area contributed by atoms with Crippen LogP contribution in [0.1, 0.15) is 43.2 Å². The fourth-order valence-electron chi connectivity index (χ4n) is 3.70. The van der Waals surface area contributed by atoms with Gasteiger partial charge < -0.3 is 14.8 Å². The summed E-state index contributed by atoms with van der Waals surface area (Å²) in [4.78, 5) is 24.3. The summed E-state index contributed by atoms with van der Waals surface area (Å²) in [5.74, 6) is -0.257. The van der Waals surface area contributed by atoms with Crippen LogP contribution in [-0.2, 0) is 20.9 Å². The molecule has 0 unspecified atom stereocenters. The Morgan fingerprint density at radius 2 is 1.83 bits per heavy atom. The van der Waals surface area contributed by atoms with E-state index in [1.54, 1.807) is 13.0 Å². The molecule has 1 amide bonds. The minimum Gasteiger partial charge on any atom is -0.463 e. The van der Waals surface area contributed by atoms with Gasteiger partial charge in [-0.1, -0.05) is 64.0 Å². The molecule has 1 fully saturated rings. The second kappa shape index (κ2) is 11.0. The molecule has 1 saturated carbocycles. The number of allylic oxidation sites excluding steroid dienone is 1. The van der Waals surface area contributed by atoms with E-state index >= 15 is 0 Å². The molecule has 158 valence electrons. The maximum absolute atomic E-state index is 12.4. The van der Waals surface area contributed by atoms with Crippen molar-refractivity contribution < 1.29 is 19.1 Å². The van der Waals surface area contributed by atoms with Crippen molar-refractivity contribution in [1.82, 2.24) is 5.32 Å². The number of rotatable bonds is 6. The lowest BCUT2D eigenvalue weighted by Crippen LogP contribution is -2.41. The summed E-state index contributed by atoms with van der Waals surface area (Å²) in [6.07, 6.45) is 3.31. The highest BCUT2D eigenvalue weighted by molar-refractivity contribution is 9.10. The molecule has 0 aromatic heterocycles. The van der Waals surface area contributed by atoms with Crippen LogP contribution in [0.4, 0.5) is 4.79 Å². The number of carbonyl (C=O) groups is 2. The summed E-state index contributed by atoms with van der Waals surface area (Å²) in [5.41, 5.74) is 3.10. The third-order valence-corrected chi connectivity index (χ3v) is 5.70. The summed E-state index contributed by atoms with van der Waals surface area (Å²) in [7, 11) is 0. The minimum absolute atomic E-state index is 0.0526. The van der Waals surface area contributed by atoms with Gasteiger partial charge in [-0.05, 0) is 49.4 Å². The first kappa shape index (κ1) is 22.1. The molecule has 3 rings (SSSR count). The zero-order valence-electron chi connectivity index (χ0n) is 17.0. The molecule has 0 aliphatic heterocycles. The van der Waals surface area contributed by atoms with Crippen molar-refractivity contribution >= 4 is 28.0 Å².